The molecule has 3 heterocycles. The van der Waals surface area contributed by atoms with Crippen LogP contribution in [-0.4, -0.2) is 42.4 Å². The quantitative estimate of drug-likeness (QED) is 0.640. The Morgan fingerprint density at radius 2 is 1.94 bits per heavy atom. The van der Waals surface area contributed by atoms with Gasteiger partial charge in [-0.2, -0.15) is 13.2 Å². The van der Waals surface area contributed by atoms with Gasteiger partial charge in [0, 0.05) is 29.9 Å². The second-order valence-electron chi connectivity index (χ2n) is 8.03. The summed E-state index contributed by atoms with van der Waals surface area (Å²) in [5.41, 5.74) is 2.90. The van der Waals surface area contributed by atoms with Crippen LogP contribution in [0.4, 0.5) is 32.0 Å². The van der Waals surface area contributed by atoms with Gasteiger partial charge < -0.3 is 20.5 Å². The standard InChI is InChI=1S/C21H18F6N4O3/c1-19(23,24)10-2-5-15(29-7-10)17(32)30-11-3-4-14(22)12(6-11)20-9-34-16(21(25,26)27)13(20)8-33-18(28)31-20/h2-7,13,16H,8-9H2,1H3,(H2,28,31)(H,30,32)/t13-,16+,20?/m1/s1. The van der Waals surface area contributed by atoms with Gasteiger partial charge in [0.15, 0.2) is 6.10 Å². The first-order valence-electron chi connectivity index (χ1n) is 9.93. The molecule has 1 saturated heterocycles. The number of hydrogen-bond donors (Lipinski definition) is 2. The monoisotopic (exact) mass is 488 g/mol. The average molecular weight is 488 g/mol. The molecule has 3 N–H and O–H groups in total. The SMILES string of the molecule is CC(F)(F)c1ccc(C(=O)Nc2ccc(F)c(C34CO[C@H](C(F)(F)F)[C@H]3COC(N)=N4)c2)nc1. The number of benzene rings is 1. The summed E-state index contributed by atoms with van der Waals surface area (Å²) in [5, 5.41) is 2.42. The Balaban J connectivity index is 1.66. The van der Waals surface area contributed by atoms with Gasteiger partial charge in [-0.1, -0.05) is 0 Å². The molecule has 1 amide bonds. The number of carbonyl (C=O) groups excluding carboxylic acids is 1. The molecule has 0 aliphatic carbocycles. The third-order valence-electron chi connectivity index (χ3n) is 5.70. The van der Waals surface area contributed by atoms with Crippen LogP contribution < -0.4 is 11.1 Å². The lowest BCUT2D eigenvalue weighted by Gasteiger charge is -2.36. The molecule has 4 rings (SSSR count). The highest BCUT2D eigenvalue weighted by atomic mass is 19.4. The van der Waals surface area contributed by atoms with Crippen molar-refractivity contribution in [3.63, 3.8) is 0 Å². The molecule has 7 nitrogen and oxygen atoms in total. The molecular formula is C21H18F6N4O3. The van der Waals surface area contributed by atoms with Crippen molar-refractivity contribution in [2.24, 2.45) is 16.6 Å². The zero-order valence-corrected chi connectivity index (χ0v) is 17.5. The van der Waals surface area contributed by atoms with Gasteiger partial charge in [0.1, 0.15) is 17.1 Å². The van der Waals surface area contributed by atoms with E-state index in [4.69, 9.17) is 15.2 Å². The van der Waals surface area contributed by atoms with Gasteiger partial charge in [0.25, 0.3) is 17.9 Å². The molecular weight excluding hydrogens is 470 g/mol. The maximum Gasteiger partial charge on any atom is 0.415 e. The molecule has 3 atom stereocenters. The van der Waals surface area contributed by atoms with Crippen molar-refractivity contribution in [1.29, 1.82) is 0 Å². The number of rotatable bonds is 4. The van der Waals surface area contributed by atoms with Crippen LogP contribution >= 0.6 is 0 Å². The first kappa shape index (κ1) is 23.8. The molecule has 0 saturated carbocycles. The molecule has 0 radical (unpaired) electrons. The zero-order chi connectivity index (χ0) is 24.9. The Labute approximate surface area is 189 Å². The number of alkyl halides is 5. The smallest absolute Gasteiger partial charge is 0.415 e. The summed E-state index contributed by atoms with van der Waals surface area (Å²) >= 11 is 0. The summed E-state index contributed by atoms with van der Waals surface area (Å²) < 4.78 is 92.0. The molecule has 2 aliphatic rings. The number of ether oxygens (including phenoxy) is 2. The molecule has 0 bridgehead atoms. The lowest BCUT2D eigenvalue weighted by Crippen LogP contribution is -2.48. The third-order valence-corrected chi connectivity index (χ3v) is 5.70. The van der Waals surface area contributed by atoms with E-state index in [9.17, 15) is 31.1 Å². The van der Waals surface area contributed by atoms with Gasteiger partial charge in [0.2, 0.25) is 0 Å². The minimum atomic E-state index is -4.76. The maximum atomic E-state index is 14.9. The predicted molar refractivity (Wildman–Crippen MR) is 107 cm³/mol. The van der Waals surface area contributed by atoms with Crippen LogP contribution in [-0.2, 0) is 20.9 Å². The average Bonchev–Trinajstić information content (AvgIpc) is 3.14. The molecule has 13 heteroatoms. The van der Waals surface area contributed by atoms with E-state index in [0.29, 0.717) is 6.92 Å². The van der Waals surface area contributed by atoms with E-state index in [2.05, 4.69) is 15.3 Å². The van der Waals surface area contributed by atoms with Crippen LogP contribution in [0.3, 0.4) is 0 Å². The summed E-state index contributed by atoms with van der Waals surface area (Å²) in [7, 11) is 0. The van der Waals surface area contributed by atoms with E-state index >= 15 is 0 Å². The van der Waals surface area contributed by atoms with E-state index in [-0.39, 0.29) is 16.9 Å². The maximum absolute atomic E-state index is 14.9. The molecule has 1 unspecified atom stereocenters. The molecule has 1 fully saturated rings. The zero-order valence-electron chi connectivity index (χ0n) is 17.5. The number of halogens is 6. The van der Waals surface area contributed by atoms with Crippen LogP contribution in [0.1, 0.15) is 28.5 Å². The number of hydrogen-bond acceptors (Lipinski definition) is 6. The minimum absolute atomic E-state index is 0.0111. The van der Waals surface area contributed by atoms with Gasteiger partial charge in [-0.3, -0.25) is 9.78 Å². The summed E-state index contributed by atoms with van der Waals surface area (Å²) in [5.74, 6) is -6.26. The van der Waals surface area contributed by atoms with Crippen LogP contribution in [0.25, 0.3) is 0 Å². The fourth-order valence-electron chi connectivity index (χ4n) is 4.01. The summed E-state index contributed by atoms with van der Waals surface area (Å²) in [6.45, 7) is -0.444. The highest BCUT2D eigenvalue weighted by Gasteiger charge is 2.62. The largest absolute Gasteiger partial charge is 0.465 e. The van der Waals surface area contributed by atoms with Crippen molar-refractivity contribution in [3.05, 3.63) is 59.2 Å². The first-order chi connectivity index (χ1) is 15.8. The van der Waals surface area contributed by atoms with Crippen molar-refractivity contribution < 1.29 is 40.6 Å². The van der Waals surface area contributed by atoms with Crippen molar-refractivity contribution in [2.45, 2.75) is 30.7 Å². The van der Waals surface area contributed by atoms with Gasteiger partial charge in [-0.05, 0) is 30.3 Å². The van der Waals surface area contributed by atoms with Crippen LogP contribution in [0.5, 0.6) is 0 Å². The van der Waals surface area contributed by atoms with Crippen molar-refractivity contribution in [1.82, 2.24) is 4.98 Å². The van der Waals surface area contributed by atoms with E-state index < -0.39 is 66.2 Å². The fraction of sp³-hybridized carbons (Fsp3) is 0.381. The number of aliphatic imine (C=N–C) groups is 1. The molecule has 1 aromatic heterocycles. The van der Waals surface area contributed by atoms with Crippen molar-refractivity contribution in [3.8, 4) is 0 Å². The molecule has 1 aromatic carbocycles. The number of nitrogens with one attached hydrogen (secondary N) is 1. The number of fused-ring (bicyclic) bond motifs is 1. The lowest BCUT2D eigenvalue weighted by molar-refractivity contribution is -0.219. The number of anilines is 1. The number of pyridine rings is 1. The second-order valence-corrected chi connectivity index (χ2v) is 8.03. The third kappa shape index (κ3) is 4.27. The van der Waals surface area contributed by atoms with E-state index in [1.165, 1.54) is 6.07 Å². The normalized spacial score (nSPS) is 24.7. The highest BCUT2D eigenvalue weighted by Crippen LogP contribution is 2.50. The van der Waals surface area contributed by atoms with Crippen molar-refractivity contribution >= 4 is 17.6 Å². The Bertz CT molecular complexity index is 1130. The molecule has 2 aromatic rings. The van der Waals surface area contributed by atoms with Gasteiger partial charge in [0.05, 0.1) is 19.1 Å². The van der Waals surface area contributed by atoms with Crippen molar-refractivity contribution in [2.75, 3.05) is 18.5 Å². The fourth-order valence-corrected chi connectivity index (χ4v) is 4.01. The minimum Gasteiger partial charge on any atom is -0.465 e. The van der Waals surface area contributed by atoms with Crippen LogP contribution in [0, 0.1) is 11.7 Å². The van der Waals surface area contributed by atoms with Gasteiger partial charge >= 0.3 is 6.18 Å². The number of nitrogens with two attached hydrogens (primary N) is 1. The van der Waals surface area contributed by atoms with E-state index in [1.807, 2.05) is 0 Å². The first-order valence-corrected chi connectivity index (χ1v) is 9.93. The summed E-state index contributed by atoms with van der Waals surface area (Å²) in [6, 6.07) is 4.96. The molecule has 182 valence electrons. The number of aromatic nitrogens is 1. The predicted octanol–water partition coefficient (Wildman–Crippen LogP) is 3.70. The number of nitrogens with zero attached hydrogens (tertiary/aromatic N) is 2. The number of amides is 1. The lowest BCUT2D eigenvalue weighted by atomic mass is 9.77. The van der Waals surface area contributed by atoms with Crippen LogP contribution in [0.15, 0.2) is 41.5 Å². The molecule has 0 spiro atoms. The van der Waals surface area contributed by atoms with Crippen LogP contribution in [0.2, 0.25) is 0 Å². The second kappa shape index (κ2) is 8.15. The highest BCUT2D eigenvalue weighted by molar-refractivity contribution is 6.02. The van der Waals surface area contributed by atoms with Gasteiger partial charge in [-0.15, -0.1) is 0 Å². The van der Waals surface area contributed by atoms with E-state index in [0.717, 1.165) is 30.5 Å². The Hall–Kier alpha value is -3.35. The van der Waals surface area contributed by atoms with E-state index in [1.54, 1.807) is 0 Å². The van der Waals surface area contributed by atoms with Gasteiger partial charge in [-0.25, -0.2) is 18.2 Å². The Morgan fingerprint density at radius 3 is 2.56 bits per heavy atom. The number of carbonyl (C=O) groups is 1. The summed E-state index contributed by atoms with van der Waals surface area (Å²) in [6.07, 6.45) is -6.17. The molecule has 34 heavy (non-hydrogen) atoms. The Kier molecular flexibility index (Phi) is 5.70. The number of amidine groups is 1. The summed E-state index contributed by atoms with van der Waals surface area (Å²) in [4.78, 5) is 20.2. The molecule has 2 aliphatic heterocycles. The Morgan fingerprint density at radius 1 is 1.21 bits per heavy atom. The topological polar surface area (TPSA) is 98.8 Å².